The Morgan fingerprint density at radius 1 is 1.62 bits per heavy atom. The molecule has 2 atom stereocenters. The second-order valence-electron chi connectivity index (χ2n) is 5.28. The van der Waals surface area contributed by atoms with Gasteiger partial charge in [-0.1, -0.05) is 5.16 Å². The number of carbonyl (C=O) groups is 3. The van der Waals surface area contributed by atoms with Crippen LogP contribution in [0.4, 0.5) is 0 Å². The molecule has 0 unspecified atom stereocenters. The highest BCUT2D eigenvalue weighted by Gasteiger charge is 2.54. The minimum atomic E-state index is -2.90. The van der Waals surface area contributed by atoms with Crippen LogP contribution < -0.4 is 5.32 Å². The van der Waals surface area contributed by atoms with Crippen LogP contribution in [-0.2, 0) is 19.2 Å². The standard InChI is InChI=1S/C15H15N3O7S/c1-24-17-9(8-3-2-4-25-8)12(20)16-10-13(21)18-11(15(22)23)7(5-19)6-26-14(10)18/h2-4,10,14,19H,5-6H2,1H3,(H,16,20)(H,22,23)/b17-9-/t10-,14-/m1/s1/i1D3. The lowest BCUT2D eigenvalue weighted by atomic mass is 10.0. The van der Waals surface area contributed by atoms with E-state index in [0.29, 0.717) is 0 Å². The van der Waals surface area contributed by atoms with Crippen LogP contribution in [0.15, 0.2) is 39.2 Å². The number of nitrogens with one attached hydrogen (secondary N) is 1. The molecule has 3 heterocycles. The normalized spacial score (nSPS) is 24.8. The van der Waals surface area contributed by atoms with Crippen molar-refractivity contribution < 1.29 is 38.0 Å². The lowest BCUT2D eigenvalue weighted by Gasteiger charge is -2.49. The quantitative estimate of drug-likeness (QED) is 0.334. The number of carboxylic acid groups (broad SMARTS) is 1. The van der Waals surface area contributed by atoms with Gasteiger partial charge in [-0.25, -0.2) is 4.79 Å². The Balaban J connectivity index is 1.79. The van der Waals surface area contributed by atoms with Gasteiger partial charge in [0.25, 0.3) is 11.8 Å². The van der Waals surface area contributed by atoms with Crippen LogP contribution in [0.2, 0.25) is 0 Å². The first-order chi connectivity index (χ1) is 13.6. The van der Waals surface area contributed by atoms with Gasteiger partial charge in [0, 0.05) is 5.75 Å². The first-order valence-electron chi connectivity index (χ1n) is 8.76. The number of fused-ring (bicyclic) bond motifs is 1. The van der Waals surface area contributed by atoms with Crippen LogP contribution in [-0.4, -0.2) is 69.4 Å². The van der Waals surface area contributed by atoms with Crippen LogP contribution in [0.5, 0.6) is 0 Å². The first-order valence-corrected chi connectivity index (χ1v) is 8.30. The van der Waals surface area contributed by atoms with E-state index in [4.69, 9.17) is 8.53 Å². The van der Waals surface area contributed by atoms with E-state index in [0.717, 1.165) is 4.90 Å². The van der Waals surface area contributed by atoms with Gasteiger partial charge in [-0.05, 0) is 17.7 Å². The summed E-state index contributed by atoms with van der Waals surface area (Å²) >= 11 is 1.17. The minimum absolute atomic E-state index is 0.0830. The molecule has 1 fully saturated rings. The highest BCUT2D eigenvalue weighted by molar-refractivity contribution is 8.00. The summed E-state index contributed by atoms with van der Waals surface area (Å²) in [4.78, 5) is 41.9. The number of oxime groups is 1. The van der Waals surface area contributed by atoms with Crippen LogP contribution in [0.1, 0.15) is 9.87 Å². The molecule has 3 rings (SSSR count). The Kier molecular flexibility index (Phi) is 3.99. The summed E-state index contributed by atoms with van der Waals surface area (Å²) in [6, 6.07) is 1.72. The lowest BCUT2D eigenvalue weighted by Crippen LogP contribution is -2.71. The summed E-state index contributed by atoms with van der Waals surface area (Å²) in [6.45, 7) is -0.510. The number of aliphatic hydroxyl groups is 1. The molecule has 0 spiro atoms. The minimum Gasteiger partial charge on any atom is -0.477 e. The molecule has 26 heavy (non-hydrogen) atoms. The number of carbonyl (C=O) groups excluding carboxylic acids is 2. The summed E-state index contributed by atoms with van der Waals surface area (Å²) in [7, 11) is -2.90. The molecular formula is C15H15N3O7S. The van der Waals surface area contributed by atoms with E-state index in [1.54, 1.807) is 0 Å². The molecule has 1 saturated heterocycles. The molecule has 138 valence electrons. The summed E-state index contributed by atoms with van der Waals surface area (Å²) in [5, 5.41) is 23.7. The zero-order valence-corrected chi connectivity index (χ0v) is 13.9. The summed E-state index contributed by atoms with van der Waals surface area (Å²) in [6.07, 6.45) is 1.24. The Morgan fingerprint density at radius 2 is 2.42 bits per heavy atom. The summed E-state index contributed by atoms with van der Waals surface area (Å²) in [5.74, 6) is -2.90. The van der Waals surface area contributed by atoms with Crippen LogP contribution >= 0.6 is 11.8 Å². The molecule has 2 amide bonds. The fraction of sp³-hybridized carbons (Fsp3) is 0.333. The van der Waals surface area contributed by atoms with E-state index in [1.807, 2.05) is 0 Å². The van der Waals surface area contributed by atoms with Crippen molar-refractivity contribution in [3.63, 3.8) is 0 Å². The van der Waals surface area contributed by atoms with Gasteiger partial charge in [-0.3, -0.25) is 14.5 Å². The Morgan fingerprint density at radius 3 is 3.04 bits per heavy atom. The van der Waals surface area contributed by atoms with E-state index in [9.17, 15) is 24.6 Å². The fourth-order valence-corrected chi connectivity index (χ4v) is 4.01. The number of rotatable bonds is 6. The number of amides is 2. The van der Waals surface area contributed by atoms with Gasteiger partial charge in [0.05, 0.1) is 17.0 Å². The van der Waals surface area contributed by atoms with E-state index in [-0.39, 0.29) is 22.8 Å². The van der Waals surface area contributed by atoms with E-state index in [2.05, 4.69) is 15.3 Å². The van der Waals surface area contributed by atoms with Crippen molar-refractivity contribution in [2.75, 3.05) is 19.4 Å². The third kappa shape index (κ3) is 2.95. The number of aliphatic hydroxyl groups excluding tert-OH is 1. The summed E-state index contributed by atoms with van der Waals surface area (Å²) in [5.41, 5.74) is -0.610. The van der Waals surface area contributed by atoms with Gasteiger partial charge in [-0.15, -0.1) is 11.8 Å². The first kappa shape index (κ1) is 14.4. The lowest BCUT2D eigenvalue weighted by molar-refractivity contribution is -0.150. The molecule has 3 N–H and O–H groups in total. The molecule has 0 saturated carbocycles. The van der Waals surface area contributed by atoms with E-state index < -0.39 is 48.6 Å². The van der Waals surface area contributed by atoms with Gasteiger partial charge in [0.1, 0.15) is 24.2 Å². The van der Waals surface area contributed by atoms with Crippen molar-refractivity contribution in [1.82, 2.24) is 10.2 Å². The van der Waals surface area contributed by atoms with Gasteiger partial charge >= 0.3 is 5.97 Å². The zero-order chi connectivity index (χ0) is 21.3. The van der Waals surface area contributed by atoms with Crippen LogP contribution in [0.3, 0.4) is 0 Å². The largest absolute Gasteiger partial charge is 0.477 e. The van der Waals surface area contributed by atoms with Gasteiger partial charge in [0.15, 0.2) is 5.76 Å². The number of β-lactam (4-membered cyclic amide) rings is 1. The molecule has 0 radical (unpaired) electrons. The second-order valence-corrected chi connectivity index (χ2v) is 6.39. The van der Waals surface area contributed by atoms with Crippen LogP contribution in [0, 0.1) is 0 Å². The smallest absolute Gasteiger partial charge is 0.352 e. The Bertz CT molecular complexity index is 897. The average Bonchev–Trinajstić information content (AvgIpc) is 3.18. The molecule has 2 aliphatic heterocycles. The van der Waals surface area contributed by atoms with Crippen molar-refractivity contribution in [2.45, 2.75) is 11.4 Å². The molecule has 1 aromatic heterocycles. The number of furan rings is 1. The molecular weight excluding hydrogens is 366 g/mol. The maximum Gasteiger partial charge on any atom is 0.352 e. The maximum absolute atomic E-state index is 12.6. The number of thioether (sulfide) groups is 1. The van der Waals surface area contributed by atoms with E-state index in [1.165, 1.54) is 30.2 Å². The van der Waals surface area contributed by atoms with Crippen molar-refractivity contribution in [3.05, 3.63) is 35.4 Å². The number of carboxylic acids is 1. The monoisotopic (exact) mass is 384 g/mol. The topological polar surface area (TPSA) is 142 Å². The molecule has 11 heteroatoms. The molecule has 1 aromatic rings. The number of hydrogen-bond acceptors (Lipinski definition) is 8. The predicted octanol–water partition coefficient (Wildman–Crippen LogP) is -0.639. The van der Waals surface area contributed by atoms with E-state index >= 15 is 0 Å². The SMILES string of the molecule is [2H]C([2H])([2H])O/N=C(\C(=O)N[C@@H]1C(=O)N2C(C(=O)O)=C(CO)CS[C@H]12)c1ccco1. The third-order valence-corrected chi connectivity index (χ3v) is 5.17. The van der Waals surface area contributed by atoms with Gasteiger partial charge < -0.3 is 24.8 Å². The highest BCUT2D eigenvalue weighted by atomic mass is 32.2. The maximum atomic E-state index is 12.6. The Hall–Kier alpha value is -2.79. The molecule has 2 aliphatic rings. The molecule has 0 aliphatic carbocycles. The van der Waals surface area contributed by atoms with Crippen molar-refractivity contribution in [1.29, 1.82) is 0 Å². The zero-order valence-electron chi connectivity index (χ0n) is 16.0. The number of aliphatic carboxylic acids is 1. The van der Waals surface area contributed by atoms with Gasteiger partial charge in [0.2, 0.25) is 5.71 Å². The van der Waals surface area contributed by atoms with Crippen molar-refractivity contribution >= 4 is 35.3 Å². The number of hydrogen-bond donors (Lipinski definition) is 3. The second kappa shape index (κ2) is 7.22. The predicted molar refractivity (Wildman–Crippen MR) is 89.0 cm³/mol. The van der Waals surface area contributed by atoms with Crippen LogP contribution in [0.25, 0.3) is 0 Å². The Labute approximate surface area is 155 Å². The average molecular weight is 384 g/mol. The molecule has 0 bridgehead atoms. The fourth-order valence-electron chi connectivity index (χ4n) is 2.67. The van der Waals surface area contributed by atoms with Gasteiger partial charge in [-0.2, -0.15) is 0 Å². The van der Waals surface area contributed by atoms with Crippen molar-refractivity contribution in [2.24, 2.45) is 5.16 Å². The highest BCUT2D eigenvalue weighted by Crippen LogP contribution is 2.40. The van der Waals surface area contributed by atoms with Crippen molar-refractivity contribution in [3.8, 4) is 0 Å². The summed E-state index contributed by atoms with van der Waals surface area (Å²) < 4.78 is 26.1. The third-order valence-electron chi connectivity index (χ3n) is 3.83. The molecule has 0 aromatic carbocycles. The number of nitrogens with zero attached hydrogens (tertiary/aromatic N) is 2. The molecule has 10 nitrogen and oxygen atoms in total.